The van der Waals surface area contributed by atoms with Crippen molar-refractivity contribution in [1.29, 1.82) is 0 Å². The standard InChI is InChI=1S/C41H29NO2Si/c1-45-37-22-21-33-30-13-7-8-14-35(30)43-41(33)39(37)34-20-17-28(24-38(34)45)42(26-10-3-2-4-11-26)27-16-19-31-32-18-15-25-9-5-6-12-29(25)40(32)44-36(31)23-27/h2-14,16-17,19-24,45H,15,18H2,1H3. The number of furan rings is 2. The Hall–Kier alpha value is -5.32. The van der Waals surface area contributed by atoms with Crippen LogP contribution in [0, 0.1) is 0 Å². The Labute approximate surface area is 262 Å². The van der Waals surface area contributed by atoms with E-state index in [4.69, 9.17) is 8.83 Å². The third kappa shape index (κ3) is 3.57. The Morgan fingerprint density at radius 2 is 1.33 bits per heavy atom. The van der Waals surface area contributed by atoms with E-state index in [2.05, 4.69) is 139 Å². The summed E-state index contributed by atoms with van der Waals surface area (Å²) in [7, 11) is -1.44. The number of anilines is 3. The summed E-state index contributed by atoms with van der Waals surface area (Å²) >= 11 is 0. The Bertz CT molecular complexity index is 2470. The van der Waals surface area contributed by atoms with Gasteiger partial charge in [0.15, 0.2) is 0 Å². The number of aryl methyl sites for hydroxylation is 2. The van der Waals surface area contributed by atoms with Gasteiger partial charge >= 0.3 is 0 Å². The van der Waals surface area contributed by atoms with Gasteiger partial charge in [-0.25, -0.2) is 0 Å². The lowest BCUT2D eigenvalue weighted by atomic mass is 9.89. The zero-order chi connectivity index (χ0) is 29.6. The molecule has 2 aromatic heterocycles. The van der Waals surface area contributed by atoms with Gasteiger partial charge in [0.05, 0.1) is 0 Å². The van der Waals surface area contributed by atoms with Crippen molar-refractivity contribution in [3.63, 3.8) is 0 Å². The van der Waals surface area contributed by atoms with E-state index in [1.165, 1.54) is 54.3 Å². The van der Waals surface area contributed by atoms with Gasteiger partial charge in [0.25, 0.3) is 0 Å². The van der Waals surface area contributed by atoms with Gasteiger partial charge in [0.1, 0.15) is 31.3 Å². The molecule has 8 aromatic rings. The fourth-order valence-corrected chi connectivity index (χ4v) is 10.4. The highest BCUT2D eigenvalue weighted by molar-refractivity contribution is 6.89. The molecule has 4 heteroatoms. The van der Waals surface area contributed by atoms with E-state index in [9.17, 15) is 0 Å². The molecule has 0 fully saturated rings. The molecule has 0 amide bonds. The second kappa shape index (κ2) is 9.34. The summed E-state index contributed by atoms with van der Waals surface area (Å²) in [6, 6.07) is 46.1. The van der Waals surface area contributed by atoms with E-state index < -0.39 is 8.80 Å². The second-order valence-corrected chi connectivity index (χ2v) is 15.1. The van der Waals surface area contributed by atoms with Gasteiger partial charge in [0.2, 0.25) is 0 Å². The molecular weight excluding hydrogens is 567 g/mol. The summed E-state index contributed by atoms with van der Waals surface area (Å²) < 4.78 is 13.2. The zero-order valence-corrected chi connectivity index (χ0v) is 26.0. The molecule has 0 saturated carbocycles. The van der Waals surface area contributed by atoms with E-state index >= 15 is 0 Å². The molecule has 3 heterocycles. The Balaban J connectivity index is 1.13. The lowest BCUT2D eigenvalue weighted by Gasteiger charge is -2.26. The molecule has 2 aliphatic rings. The molecule has 6 aromatic carbocycles. The molecule has 10 rings (SSSR count). The van der Waals surface area contributed by atoms with Gasteiger partial charge in [0, 0.05) is 56.0 Å². The molecule has 3 nitrogen and oxygen atoms in total. The van der Waals surface area contributed by atoms with Gasteiger partial charge in [-0.2, -0.15) is 0 Å². The predicted octanol–water partition coefficient (Wildman–Crippen LogP) is 9.52. The first-order chi connectivity index (χ1) is 22.2. The van der Waals surface area contributed by atoms with Crippen LogP contribution in [-0.4, -0.2) is 8.80 Å². The van der Waals surface area contributed by atoms with Gasteiger partial charge in [-0.3, -0.25) is 0 Å². The highest BCUT2D eigenvalue weighted by atomic mass is 28.3. The van der Waals surface area contributed by atoms with Crippen LogP contribution in [0.15, 0.2) is 136 Å². The van der Waals surface area contributed by atoms with Crippen LogP contribution < -0.4 is 15.3 Å². The highest BCUT2D eigenvalue weighted by Gasteiger charge is 2.31. The monoisotopic (exact) mass is 595 g/mol. The lowest BCUT2D eigenvalue weighted by Crippen LogP contribution is -2.34. The third-order valence-corrected chi connectivity index (χ3v) is 12.9. The van der Waals surface area contributed by atoms with Crippen LogP contribution in [0.2, 0.25) is 6.55 Å². The smallest absolute Gasteiger partial charge is 0.143 e. The van der Waals surface area contributed by atoms with Crippen molar-refractivity contribution in [2.45, 2.75) is 19.4 Å². The molecule has 1 unspecified atom stereocenters. The SMILES string of the molecule is C[SiH]1c2cc(N(c3ccccc3)c3ccc4c5c(oc4c3)-c3ccccc3CC5)ccc2-c2c1ccc1c2oc2ccccc21. The number of hydrogen-bond acceptors (Lipinski definition) is 3. The van der Waals surface area contributed by atoms with Crippen LogP contribution in [0.1, 0.15) is 11.1 Å². The van der Waals surface area contributed by atoms with E-state index in [0.29, 0.717) is 0 Å². The first-order valence-corrected chi connectivity index (χ1v) is 18.1. The maximum absolute atomic E-state index is 6.65. The Kier molecular flexibility index (Phi) is 5.20. The molecular formula is C41H29NO2Si. The number of rotatable bonds is 3. The van der Waals surface area contributed by atoms with Crippen molar-refractivity contribution < 1.29 is 8.83 Å². The van der Waals surface area contributed by atoms with Crippen LogP contribution in [0.3, 0.4) is 0 Å². The largest absolute Gasteiger partial charge is 0.456 e. The van der Waals surface area contributed by atoms with Gasteiger partial charge in [-0.1, -0.05) is 85.4 Å². The Morgan fingerprint density at radius 3 is 2.27 bits per heavy atom. The topological polar surface area (TPSA) is 29.5 Å². The van der Waals surface area contributed by atoms with Crippen LogP contribution in [-0.2, 0) is 12.8 Å². The maximum Gasteiger partial charge on any atom is 0.143 e. The minimum atomic E-state index is -1.44. The quantitative estimate of drug-likeness (QED) is 0.191. The number of fused-ring (bicyclic) bond motifs is 12. The minimum absolute atomic E-state index is 0.943. The summed E-state index contributed by atoms with van der Waals surface area (Å²) in [5.74, 6) is 1.03. The molecule has 0 radical (unpaired) electrons. The van der Waals surface area contributed by atoms with Crippen molar-refractivity contribution >= 4 is 69.1 Å². The molecule has 45 heavy (non-hydrogen) atoms. The molecule has 1 atom stereocenters. The summed E-state index contributed by atoms with van der Waals surface area (Å²) in [6.07, 6.45) is 2.06. The average Bonchev–Trinajstić information content (AvgIpc) is 3.75. The number of hydrogen-bond donors (Lipinski definition) is 0. The number of nitrogens with zero attached hydrogens (tertiary/aromatic N) is 1. The van der Waals surface area contributed by atoms with Crippen molar-refractivity contribution in [2.75, 3.05) is 4.90 Å². The fourth-order valence-electron chi connectivity index (χ4n) is 7.87. The van der Waals surface area contributed by atoms with Crippen LogP contribution in [0.5, 0.6) is 0 Å². The van der Waals surface area contributed by atoms with Gasteiger partial charge in [-0.05, 0) is 76.8 Å². The zero-order valence-electron chi connectivity index (χ0n) is 24.9. The fraction of sp³-hybridized carbons (Fsp3) is 0.0732. The third-order valence-electron chi connectivity index (χ3n) is 10.0. The summed E-state index contributed by atoms with van der Waals surface area (Å²) in [6.45, 7) is 2.45. The summed E-state index contributed by atoms with van der Waals surface area (Å²) in [5, 5.41) is 6.52. The van der Waals surface area contributed by atoms with Crippen molar-refractivity contribution in [3.05, 3.63) is 139 Å². The number of para-hydroxylation sites is 2. The van der Waals surface area contributed by atoms with Crippen molar-refractivity contribution in [3.8, 4) is 22.5 Å². The van der Waals surface area contributed by atoms with Crippen LogP contribution in [0.4, 0.5) is 17.1 Å². The molecule has 0 saturated heterocycles. The minimum Gasteiger partial charge on any atom is -0.456 e. The first-order valence-electron chi connectivity index (χ1n) is 15.8. The predicted molar refractivity (Wildman–Crippen MR) is 189 cm³/mol. The molecule has 0 spiro atoms. The van der Waals surface area contributed by atoms with E-state index in [1.807, 2.05) is 0 Å². The second-order valence-electron chi connectivity index (χ2n) is 12.4. The van der Waals surface area contributed by atoms with Crippen LogP contribution >= 0.6 is 0 Å². The molecule has 1 aliphatic heterocycles. The highest BCUT2D eigenvalue weighted by Crippen LogP contribution is 2.44. The maximum atomic E-state index is 6.65. The normalized spacial score (nSPS) is 14.8. The van der Waals surface area contributed by atoms with E-state index in [0.717, 1.165) is 52.4 Å². The molecule has 1 aliphatic carbocycles. The lowest BCUT2D eigenvalue weighted by molar-refractivity contribution is 0.621. The molecule has 0 bridgehead atoms. The molecule has 0 N–H and O–H groups in total. The molecule has 214 valence electrons. The van der Waals surface area contributed by atoms with E-state index in [-0.39, 0.29) is 0 Å². The van der Waals surface area contributed by atoms with E-state index in [1.54, 1.807) is 0 Å². The van der Waals surface area contributed by atoms with Crippen molar-refractivity contribution in [1.82, 2.24) is 0 Å². The first kappa shape index (κ1) is 25.0. The summed E-state index contributed by atoms with van der Waals surface area (Å²) in [5.41, 5.74) is 12.8. The average molecular weight is 596 g/mol. The van der Waals surface area contributed by atoms with Gasteiger partial charge in [-0.15, -0.1) is 0 Å². The van der Waals surface area contributed by atoms with Gasteiger partial charge < -0.3 is 13.7 Å². The Morgan fingerprint density at radius 1 is 0.556 bits per heavy atom. The van der Waals surface area contributed by atoms with Crippen molar-refractivity contribution in [2.24, 2.45) is 0 Å². The van der Waals surface area contributed by atoms with Crippen LogP contribution in [0.25, 0.3) is 55.4 Å². The summed E-state index contributed by atoms with van der Waals surface area (Å²) in [4.78, 5) is 2.37. The number of benzene rings is 6.